The number of nitro groups is 1. The number of hydrogen-bond acceptors (Lipinski definition) is 4. The van der Waals surface area contributed by atoms with Gasteiger partial charge in [-0.2, -0.15) is 0 Å². The van der Waals surface area contributed by atoms with Crippen LogP contribution in [0.5, 0.6) is 0 Å². The van der Waals surface area contributed by atoms with Crippen molar-refractivity contribution in [2.75, 3.05) is 18.5 Å². The fourth-order valence-electron chi connectivity index (χ4n) is 1.80. The van der Waals surface area contributed by atoms with Gasteiger partial charge in [-0.3, -0.25) is 10.1 Å². The third-order valence-corrected chi connectivity index (χ3v) is 3.34. The molecule has 0 saturated carbocycles. The van der Waals surface area contributed by atoms with Crippen molar-refractivity contribution in [3.63, 3.8) is 0 Å². The van der Waals surface area contributed by atoms with Crippen LogP contribution in [0.1, 0.15) is 12.8 Å². The molecule has 0 aliphatic carbocycles. The molecule has 0 spiro atoms. The van der Waals surface area contributed by atoms with Crippen LogP contribution in [0, 0.1) is 10.1 Å². The van der Waals surface area contributed by atoms with Gasteiger partial charge in [-0.05, 0) is 40.9 Å². The number of halogens is 1. The SMILES string of the molecule is O=[N+]([O-])c1ccc(NCC2CCCO2)cc1Br. The lowest BCUT2D eigenvalue weighted by molar-refractivity contribution is -0.385. The van der Waals surface area contributed by atoms with E-state index in [9.17, 15) is 10.1 Å². The Morgan fingerprint density at radius 3 is 3.00 bits per heavy atom. The molecular weight excluding hydrogens is 288 g/mol. The van der Waals surface area contributed by atoms with E-state index in [0.717, 1.165) is 31.7 Å². The molecule has 0 bridgehead atoms. The number of nitro benzene ring substituents is 1. The maximum absolute atomic E-state index is 10.6. The molecule has 1 aromatic carbocycles. The molecule has 0 amide bonds. The molecule has 2 rings (SSSR count). The largest absolute Gasteiger partial charge is 0.382 e. The van der Waals surface area contributed by atoms with Crippen molar-refractivity contribution in [1.29, 1.82) is 0 Å². The summed E-state index contributed by atoms with van der Waals surface area (Å²) in [4.78, 5) is 10.2. The van der Waals surface area contributed by atoms with Crippen molar-refractivity contribution in [2.24, 2.45) is 0 Å². The van der Waals surface area contributed by atoms with Crippen LogP contribution in [0.2, 0.25) is 0 Å². The molecule has 1 N–H and O–H groups in total. The van der Waals surface area contributed by atoms with Crippen LogP contribution < -0.4 is 5.32 Å². The normalized spacial score (nSPS) is 19.2. The number of nitrogens with zero attached hydrogens (tertiary/aromatic N) is 1. The number of rotatable bonds is 4. The predicted molar refractivity (Wildman–Crippen MR) is 68.3 cm³/mol. The maximum atomic E-state index is 10.6. The lowest BCUT2D eigenvalue weighted by Crippen LogP contribution is -2.18. The summed E-state index contributed by atoms with van der Waals surface area (Å²) >= 11 is 3.19. The first-order valence-electron chi connectivity index (χ1n) is 5.46. The minimum atomic E-state index is -0.409. The van der Waals surface area contributed by atoms with E-state index < -0.39 is 4.92 Å². The number of anilines is 1. The Labute approximate surface area is 107 Å². The highest BCUT2D eigenvalue weighted by Crippen LogP contribution is 2.27. The Bertz CT molecular complexity index is 419. The van der Waals surface area contributed by atoms with Crippen molar-refractivity contribution in [1.82, 2.24) is 0 Å². The zero-order chi connectivity index (χ0) is 12.3. The summed E-state index contributed by atoms with van der Waals surface area (Å²) in [5, 5.41) is 13.9. The highest BCUT2D eigenvalue weighted by atomic mass is 79.9. The first-order chi connectivity index (χ1) is 8.16. The number of nitrogens with one attached hydrogen (secondary N) is 1. The molecule has 17 heavy (non-hydrogen) atoms. The van der Waals surface area contributed by atoms with Crippen LogP contribution in [-0.2, 0) is 4.74 Å². The average Bonchev–Trinajstić information content (AvgIpc) is 2.78. The van der Waals surface area contributed by atoms with Crippen molar-refractivity contribution >= 4 is 27.3 Å². The van der Waals surface area contributed by atoms with Crippen LogP contribution >= 0.6 is 15.9 Å². The van der Waals surface area contributed by atoms with Gasteiger partial charge >= 0.3 is 0 Å². The second-order valence-electron chi connectivity index (χ2n) is 3.94. The maximum Gasteiger partial charge on any atom is 0.283 e. The zero-order valence-electron chi connectivity index (χ0n) is 9.19. The minimum Gasteiger partial charge on any atom is -0.382 e. The summed E-state index contributed by atoms with van der Waals surface area (Å²) in [6.45, 7) is 1.57. The summed E-state index contributed by atoms with van der Waals surface area (Å²) in [5.74, 6) is 0. The molecule has 1 fully saturated rings. The van der Waals surface area contributed by atoms with E-state index in [0.29, 0.717) is 4.47 Å². The van der Waals surface area contributed by atoms with Crippen LogP contribution in [-0.4, -0.2) is 24.2 Å². The molecule has 92 valence electrons. The fourth-order valence-corrected chi connectivity index (χ4v) is 2.33. The number of ether oxygens (including phenoxy) is 1. The quantitative estimate of drug-likeness (QED) is 0.686. The van der Waals surface area contributed by atoms with E-state index in [-0.39, 0.29) is 11.8 Å². The minimum absolute atomic E-state index is 0.0765. The Kier molecular flexibility index (Phi) is 3.96. The van der Waals surface area contributed by atoms with Crippen molar-refractivity contribution in [3.05, 3.63) is 32.8 Å². The van der Waals surface area contributed by atoms with Gasteiger partial charge in [0.05, 0.1) is 15.5 Å². The third-order valence-electron chi connectivity index (χ3n) is 2.70. The first kappa shape index (κ1) is 12.3. The molecule has 0 aromatic heterocycles. The predicted octanol–water partition coefficient (Wildman–Crippen LogP) is 2.95. The second-order valence-corrected chi connectivity index (χ2v) is 4.79. The average molecular weight is 301 g/mol. The molecule has 1 aliphatic heterocycles. The molecule has 6 heteroatoms. The summed E-state index contributed by atoms with van der Waals surface area (Å²) in [7, 11) is 0. The molecule has 5 nitrogen and oxygen atoms in total. The summed E-state index contributed by atoms with van der Waals surface area (Å²) in [6, 6.07) is 4.91. The van der Waals surface area contributed by atoms with Crippen molar-refractivity contribution in [2.45, 2.75) is 18.9 Å². The van der Waals surface area contributed by atoms with Crippen molar-refractivity contribution in [3.8, 4) is 0 Å². The molecule has 1 aromatic rings. The Morgan fingerprint density at radius 1 is 1.59 bits per heavy atom. The van der Waals surface area contributed by atoms with Gasteiger partial charge in [-0.1, -0.05) is 0 Å². The summed E-state index contributed by atoms with van der Waals surface area (Å²) in [5.41, 5.74) is 0.936. The Hall–Kier alpha value is -1.14. The summed E-state index contributed by atoms with van der Waals surface area (Å²) in [6.07, 6.45) is 2.43. The van der Waals surface area contributed by atoms with Crippen LogP contribution in [0.3, 0.4) is 0 Å². The van der Waals surface area contributed by atoms with Gasteiger partial charge in [-0.15, -0.1) is 0 Å². The lowest BCUT2D eigenvalue weighted by atomic mass is 10.2. The highest BCUT2D eigenvalue weighted by molar-refractivity contribution is 9.10. The first-order valence-corrected chi connectivity index (χ1v) is 6.25. The topological polar surface area (TPSA) is 64.4 Å². The van der Waals surface area contributed by atoms with E-state index >= 15 is 0 Å². The van der Waals surface area contributed by atoms with Gasteiger partial charge in [0.25, 0.3) is 5.69 Å². The van der Waals surface area contributed by atoms with Crippen LogP contribution in [0.15, 0.2) is 22.7 Å². The van der Waals surface area contributed by atoms with Crippen LogP contribution in [0.4, 0.5) is 11.4 Å². The molecular formula is C11H13BrN2O3. The van der Waals surface area contributed by atoms with Crippen molar-refractivity contribution < 1.29 is 9.66 Å². The molecule has 1 unspecified atom stereocenters. The Morgan fingerprint density at radius 2 is 2.41 bits per heavy atom. The van der Waals surface area contributed by atoms with Gasteiger partial charge in [-0.25, -0.2) is 0 Å². The zero-order valence-corrected chi connectivity index (χ0v) is 10.8. The molecule has 1 saturated heterocycles. The van der Waals surface area contributed by atoms with Crippen LogP contribution in [0.25, 0.3) is 0 Å². The van der Waals surface area contributed by atoms with E-state index in [1.165, 1.54) is 6.07 Å². The van der Waals surface area contributed by atoms with Gasteiger partial charge in [0.1, 0.15) is 0 Å². The van der Waals surface area contributed by atoms with E-state index in [1.54, 1.807) is 12.1 Å². The highest BCUT2D eigenvalue weighted by Gasteiger charge is 2.16. The molecule has 1 atom stereocenters. The van der Waals surface area contributed by atoms with E-state index in [1.807, 2.05) is 0 Å². The number of hydrogen-bond donors (Lipinski definition) is 1. The van der Waals surface area contributed by atoms with E-state index in [2.05, 4.69) is 21.2 Å². The lowest BCUT2D eigenvalue weighted by Gasteiger charge is -2.11. The number of benzene rings is 1. The molecule has 1 aliphatic rings. The second kappa shape index (κ2) is 5.46. The monoisotopic (exact) mass is 300 g/mol. The van der Waals surface area contributed by atoms with E-state index in [4.69, 9.17) is 4.74 Å². The van der Waals surface area contributed by atoms with Gasteiger partial charge in [0, 0.05) is 24.9 Å². The Balaban J connectivity index is 1.97. The molecule has 0 radical (unpaired) electrons. The smallest absolute Gasteiger partial charge is 0.283 e. The standard InChI is InChI=1S/C11H13BrN2O3/c12-10-6-8(3-4-11(10)14(15)16)13-7-9-2-1-5-17-9/h3-4,6,9,13H,1-2,5,7H2. The van der Waals surface area contributed by atoms with Gasteiger partial charge in [0.2, 0.25) is 0 Å². The van der Waals surface area contributed by atoms with Gasteiger partial charge < -0.3 is 10.1 Å². The fraction of sp³-hybridized carbons (Fsp3) is 0.455. The third kappa shape index (κ3) is 3.17. The van der Waals surface area contributed by atoms with Gasteiger partial charge in [0.15, 0.2) is 0 Å². The summed E-state index contributed by atoms with van der Waals surface area (Å²) < 4.78 is 5.97. The molecule has 1 heterocycles.